The van der Waals surface area contributed by atoms with Crippen molar-refractivity contribution in [3.05, 3.63) is 29.3 Å². The molecule has 1 aliphatic heterocycles. The van der Waals surface area contributed by atoms with Crippen molar-refractivity contribution in [1.29, 1.82) is 5.26 Å². The van der Waals surface area contributed by atoms with Gasteiger partial charge in [-0.15, -0.1) is 0 Å². The molecule has 5 heteroatoms. The van der Waals surface area contributed by atoms with Crippen LogP contribution in [-0.4, -0.2) is 43.1 Å². The third-order valence-corrected chi connectivity index (χ3v) is 3.06. The van der Waals surface area contributed by atoms with Gasteiger partial charge in [0.25, 0.3) is 0 Å². The Labute approximate surface area is 106 Å². The van der Waals surface area contributed by atoms with Gasteiger partial charge in [-0.1, -0.05) is 6.07 Å². The molecule has 5 nitrogen and oxygen atoms in total. The number of hydrogen-bond acceptors (Lipinski definition) is 3. The van der Waals surface area contributed by atoms with E-state index in [1.54, 1.807) is 22.9 Å². The zero-order valence-corrected chi connectivity index (χ0v) is 10.5. The highest BCUT2D eigenvalue weighted by atomic mass is 16.5. The van der Waals surface area contributed by atoms with Crippen LogP contribution in [0.5, 0.6) is 5.75 Å². The van der Waals surface area contributed by atoms with E-state index in [-0.39, 0.29) is 6.03 Å². The zero-order valence-electron chi connectivity index (χ0n) is 10.5. The van der Waals surface area contributed by atoms with Crippen LogP contribution in [0.4, 0.5) is 4.79 Å². The molecule has 2 amide bonds. The van der Waals surface area contributed by atoms with Crippen molar-refractivity contribution in [2.45, 2.75) is 6.54 Å². The van der Waals surface area contributed by atoms with Crippen LogP contribution in [-0.2, 0) is 6.54 Å². The Kier molecular flexibility index (Phi) is 3.38. The van der Waals surface area contributed by atoms with Gasteiger partial charge in [-0.3, -0.25) is 0 Å². The molecule has 0 saturated carbocycles. The molecule has 1 aromatic carbocycles. The Morgan fingerprint density at radius 3 is 2.78 bits per heavy atom. The average Bonchev–Trinajstić information content (AvgIpc) is 2.70. The minimum Gasteiger partial charge on any atom is -0.495 e. The van der Waals surface area contributed by atoms with Gasteiger partial charge in [-0.05, 0) is 17.7 Å². The number of likely N-dealkylation sites (N-methyl/N-ethyl adjacent to an activating group) is 1. The second kappa shape index (κ2) is 4.96. The lowest BCUT2D eigenvalue weighted by molar-refractivity contribution is 0.197. The Morgan fingerprint density at radius 1 is 1.44 bits per heavy atom. The molecule has 0 bridgehead atoms. The third kappa shape index (κ3) is 2.23. The highest BCUT2D eigenvalue weighted by Crippen LogP contribution is 2.21. The number of amides is 2. The minimum absolute atomic E-state index is 0.0401. The number of methoxy groups -OCH3 is 1. The zero-order chi connectivity index (χ0) is 13.1. The van der Waals surface area contributed by atoms with E-state index in [9.17, 15) is 4.79 Å². The highest BCUT2D eigenvalue weighted by molar-refractivity contribution is 5.76. The van der Waals surface area contributed by atoms with Gasteiger partial charge in [0.05, 0.1) is 12.7 Å². The largest absolute Gasteiger partial charge is 0.495 e. The molecule has 0 spiro atoms. The van der Waals surface area contributed by atoms with Crippen molar-refractivity contribution in [3.63, 3.8) is 0 Å². The molecule has 0 unspecified atom stereocenters. The SMILES string of the molecule is COc1cc(CN2CCN(C)C2=O)ccc1C#N. The van der Waals surface area contributed by atoms with Crippen LogP contribution in [0.25, 0.3) is 0 Å². The van der Waals surface area contributed by atoms with Gasteiger partial charge >= 0.3 is 6.03 Å². The first-order chi connectivity index (χ1) is 8.65. The van der Waals surface area contributed by atoms with E-state index in [0.717, 1.165) is 18.7 Å². The van der Waals surface area contributed by atoms with Crippen molar-refractivity contribution in [2.24, 2.45) is 0 Å². The van der Waals surface area contributed by atoms with Crippen LogP contribution in [0, 0.1) is 11.3 Å². The first-order valence-corrected chi connectivity index (χ1v) is 5.72. The Hall–Kier alpha value is -2.22. The average molecular weight is 245 g/mol. The van der Waals surface area contributed by atoms with Gasteiger partial charge in [0.1, 0.15) is 11.8 Å². The van der Waals surface area contributed by atoms with Crippen LogP contribution in [0.15, 0.2) is 18.2 Å². The molecule has 0 atom stereocenters. The van der Waals surface area contributed by atoms with Gasteiger partial charge in [-0.2, -0.15) is 5.26 Å². The highest BCUT2D eigenvalue weighted by Gasteiger charge is 2.25. The monoisotopic (exact) mass is 245 g/mol. The minimum atomic E-state index is 0.0401. The van der Waals surface area contributed by atoms with Crippen LogP contribution in [0.3, 0.4) is 0 Å². The first kappa shape index (κ1) is 12.2. The first-order valence-electron chi connectivity index (χ1n) is 5.72. The molecular formula is C13H15N3O2. The molecule has 1 saturated heterocycles. The fourth-order valence-electron chi connectivity index (χ4n) is 2.00. The molecule has 1 aromatic rings. The smallest absolute Gasteiger partial charge is 0.320 e. The van der Waals surface area contributed by atoms with E-state index in [2.05, 4.69) is 6.07 Å². The van der Waals surface area contributed by atoms with Crippen molar-refractivity contribution < 1.29 is 9.53 Å². The number of urea groups is 1. The number of ether oxygens (including phenoxy) is 1. The Morgan fingerprint density at radius 2 is 2.22 bits per heavy atom. The molecule has 2 rings (SSSR count). The summed E-state index contributed by atoms with van der Waals surface area (Å²) in [5.74, 6) is 0.551. The van der Waals surface area contributed by atoms with E-state index >= 15 is 0 Å². The van der Waals surface area contributed by atoms with E-state index in [0.29, 0.717) is 17.9 Å². The summed E-state index contributed by atoms with van der Waals surface area (Å²) in [6.45, 7) is 2.04. The molecule has 0 N–H and O–H groups in total. The van der Waals surface area contributed by atoms with Gasteiger partial charge in [-0.25, -0.2) is 4.79 Å². The molecule has 0 aliphatic carbocycles. The molecule has 18 heavy (non-hydrogen) atoms. The van der Waals surface area contributed by atoms with Crippen LogP contribution < -0.4 is 4.74 Å². The van der Waals surface area contributed by atoms with E-state index in [4.69, 9.17) is 10.00 Å². The summed E-state index contributed by atoms with van der Waals surface area (Å²) in [5, 5.41) is 8.90. The molecule has 94 valence electrons. The molecule has 0 aromatic heterocycles. The molecular weight excluding hydrogens is 230 g/mol. The normalized spacial score (nSPS) is 14.8. The summed E-state index contributed by atoms with van der Waals surface area (Å²) in [6.07, 6.45) is 0. The standard InChI is InChI=1S/C13H15N3O2/c1-15-5-6-16(13(15)17)9-10-3-4-11(8-14)12(7-10)18-2/h3-4,7H,5-6,9H2,1-2H3. The maximum absolute atomic E-state index is 11.8. The Bertz CT molecular complexity index is 507. The summed E-state index contributed by atoms with van der Waals surface area (Å²) < 4.78 is 5.15. The predicted molar refractivity (Wildman–Crippen MR) is 66.1 cm³/mol. The van der Waals surface area contributed by atoms with Crippen LogP contribution in [0.1, 0.15) is 11.1 Å². The molecule has 1 fully saturated rings. The summed E-state index contributed by atoms with van der Waals surface area (Å²) in [7, 11) is 3.33. The van der Waals surface area contributed by atoms with Crippen molar-refractivity contribution in [2.75, 3.05) is 27.2 Å². The number of carbonyl (C=O) groups excluding carboxylic acids is 1. The maximum Gasteiger partial charge on any atom is 0.320 e. The van der Waals surface area contributed by atoms with Crippen LogP contribution in [0.2, 0.25) is 0 Å². The number of nitriles is 1. The quantitative estimate of drug-likeness (QED) is 0.809. The van der Waals surface area contributed by atoms with Gasteiger partial charge < -0.3 is 14.5 Å². The Balaban J connectivity index is 2.16. The van der Waals surface area contributed by atoms with Crippen molar-refractivity contribution >= 4 is 6.03 Å². The second-order valence-electron chi connectivity index (χ2n) is 4.27. The van der Waals surface area contributed by atoms with E-state index in [1.807, 2.05) is 12.1 Å². The van der Waals surface area contributed by atoms with Gasteiger partial charge in [0.2, 0.25) is 0 Å². The lowest BCUT2D eigenvalue weighted by Crippen LogP contribution is -2.28. The summed E-state index contributed by atoms with van der Waals surface area (Å²) in [6, 6.07) is 7.49. The number of carbonyl (C=O) groups is 1. The molecule has 1 aliphatic rings. The van der Waals surface area contributed by atoms with E-state index in [1.165, 1.54) is 7.11 Å². The van der Waals surface area contributed by atoms with Crippen LogP contribution >= 0.6 is 0 Å². The molecule has 1 heterocycles. The number of benzene rings is 1. The number of nitrogens with zero attached hydrogens (tertiary/aromatic N) is 3. The number of hydrogen-bond donors (Lipinski definition) is 0. The summed E-state index contributed by atoms with van der Waals surface area (Å²) in [5.41, 5.74) is 1.47. The fourth-order valence-corrected chi connectivity index (χ4v) is 2.00. The van der Waals surface area contributed by atoms with Crippen molar-refractivity contribution in [3.8, 4) is 11.8 Å². The van der Waals surface area contributed by atoms with Gasteiger partial charge in [0.15, 0.2) is 0 Å². The second-order valence-corrected chi connectivity index (χ2v) is 4.27. The lowest BCUT2D eigenvalue weighted by atomic mass is 10.1. The van der Waals surface area contributed by atoms with Crippen molar-refractivity contribution in [1.82, 2.24) is 9.80 Å². The summed E-state index contributed by atoms with van der Waals surface area (Å²) in [4.78, 5) is 15.2. The maximum atomic E-state index is 11.8. The number of rotatable bonds is 3. The predicted octanol–water partition coefficient (Wildman–Crippen LogP) is 1.43. The fraction of sp³-hybridized carbons (Fsp3) is 0.385. The molecule has 0 radical (unpaired) electrons. The van der Waals surface area contributed by atoms with E-state index < -0.39 is 0 Å². The summed E-state index contributed by atoms with van der Waals surface area (Å²) >= 11 is 0. The lowest BCUT2D eigenvalue weighted by Gasteiger charge is -2.16. The third-order valence-electron chi connectivity index (χ3n) is 3.06. The topological polar surface area (TPSA) is 56.6 Å². The van der Waals surface area contributed by atoms with Gasteiger partial charge in [0, 0.05) is 26.7 Å².